The largest absolute Gasteiger partial charge is 0.333 e. The minimum absolute atomic E-state index is 0. The lowest BCUT2D eigenvalue weighted by atomic mass is 10.1. The second kappa shape index (κ2) is 5.84. The Morgan fingerprint density at radius 3 is 2.94 bits per heavy atom. The van der Waals surface area contributed by atoms with Gasteiger partial charge in [-0.2, -0.15) is 0 Å². The van der Waals surface area contributed by atoms with E-state index in [2.05, 4.69) is 10.3 Å². The molecule has 2 heterocycles. The fourth-order valence-electron chi connectivity index (χ4n) is 1.89. The highest BCUT2D eigenvalue weighted by Gasteiger charge is 2.23. The first-order chi connectivity index (χ1) is 7.68. The molecule has 0 aromatic carbocycles. The van der Waals surface area contributed by atoms with E-state index in [1.54, 1.807) is 11.0 Å². The number of carbonyl (C=O) groups is 1. The smallest absolute Gasteiger partial charge is 0.254 e. The minimum Gasteiger partial charge on any atom is -0.333 e. The van der Waals surface area contributed by atoms with Gasteiger partial charge in [-0.1, -0.05) is 0 Å². The molecule has 1 atom stereocenters. The molecule has 1 amide bonds. The number of rotatable bonds is 1. The van der Waals surface area contributed by atoms with Crippen LogP contribution >= 0.6 is 12.4 Å². The van der Waals surface area contributed by atoms with Gasteiger partial charge in [0.1, 0.15) is 0 Å². The van der Waals surface area contributed by atoms with Crippen molar-refractivity contribution in [3.8, 4) is 0 Å². The fraction of sp³-hybridized carbons (Fsp3) is 0.455. The van der Waals surface area contributed by atoms with Crippen LogP contribution in [0.4, 0.5) is 0 Å². The van der Waals surface area contributed by atoms with Crippen molar-refractivity contribution < 1.29 is 4.79 Å². The highest BCUT2D eigenvalue weighted by Crippen LogP contribution is 2.08. The Morgan fingerprint density at radius 1 is 1.53 bits per heavy atom. The molecule has 2 rings (SSSR count). The molecule has 94 valence electrons. The summed E-state index contributed by atoms with van der Waals surface area (Å²) < 4.78 is 0. The van der Waals surface area contributed by atoms with Gasteiger partial charge in [0.25, 0.3) is 5.91 Å². The average molecular weight is 258 g/mol. The van der Waals surface area contributed by atoms with Gasteiger partial charge < -0.3 is 15.2 Å². The predicted octanol–water partition coefficient (Wildman–Crippen LogP) is 0.231. The van der Waals surface area contributed by atoms with Crippen molar-refractivity contribution in [2.45, 2.75) is 13.0 Å². The number of carbonyl (C=O) groups excluding carboxylic acids is 1. The monoisotopic (exact) mass is 257 g/mol. The van der Waals surface area contributed by atoms with Crippen LogP contribution in [0.25, 0.3) is 0 Å². The van der Waals surface area contributed by atoms with E-state index >= 15 is 0 Å². The van der Waals surface area contributed by atoms with Crippen LogP contribution < -0.4 is 10.9 Å². The number of aromatic amines is 1. The SMILES string of the molecule is C[C@H]1CNCCN1C(=O)c1cc[nH]c(=O)c1.Cl. The van der Waals surface area contributed by atoms with Crippen LogP contribution in [0, 0.1) is 0 Å². The summed E-state index contributed by atoms with van der Waals surface area (Å²) in [4.78, 5) is 27.5. The number of nitrogens with zero attached hydrogens (tertiary/aromatic N) is 1. The van der Waals surface area contributed by atoms with Crippen LogP contribution in [-0.2, 0) is 0 Å². The van der Waals surface area contributed by atoms with Gasteiger partial charge in [0.15, 0.2) is 0 Å². The summed E-state index contributed by atoms with van der Waals surface area (Å²) in [5.74, 6) is -0.0694. The Balaban J connectivity index is 0.00000144. The lowest BCUT2D eigenvalue weighted by molar-refractivity contribution is 0.0655. The maximum atomic E-state index is 12.1. The highest BCUT2D eigenvalue weighted by molar-refractivity contribution is 5.94. The molecule has 17 heavy (non-hydrogen) atoms. The van der Waals surface area contributed by atoms with E-state index in [0.29, 0.717) is 12.1 Å². The highest BCUT2D eigenvalue weighted by atomic mass is 35.5. The zero-order valence-corrected chi connectivity index (χ0v) is 10.4. The molecule has 1 saturated heterocycles. The molecule has 1 aliphatic rings. The number of piperazine rings is 1. The normalized spacial score (nSPS) is 19.6. The first-order valence-electron chi connectivity index (χ1n) is 5.39. The molecule has 1 aromatic rings. The zero-order valence-electron chi connectivity index (χ0n) is 9.60. The molecule has 1 fully saturated rings. The molecule has 0 radical (unpaired) electrons. The van der Waals surface area contributed by atoms with Crippen molar-refractivity contribution in [2.24, 2.45) is 0 Å². The number of aromatic nitrogens is 1. The van der Waals surface area contributed by atoms with Crippen LogP contribution in [0.5, 0.6) is 0 Å². The summed E-state index contributed by atoms with van der Waals surface area (Å²) in [5.41, 5.74) is 0.214. The number of pyridine rings is 1. The number of nitrogens with one attached hydrogen (secondary N) is 2. The number of hydrogen-bond acceptors (Lipinski definition) is 3. The van der Waals surface area contributed by atoms with Crippen molar-refractivity contribution in [1.82, 2.24) is 15.2 Å². The summed E-state index contributed by atoms with van der Waals surface area (Å²) in [5, 5.41) is 3.22. The van der Waals surface area contributed by atoms with E-state index in [1.165, 1.54) is 12.3 Å². The molecule has 0 bridgehead atoms. The molecule has 0 saturated carbocycles. The van der Waals surface area contributed by atoms with Gasteiger partial charge in [-0.15, -0.1) is 12.4 Å². The van der Waals surface area contributed by atoms with Crippen LogP contribution in [0.2, 0.25) is 0 Å². The van der Waals surface area contributed by atoms with Gasteiger partial charge in [0.05, 0.1) is 0 Å². The molecule has 6 heteroatoms. The van der Waals surface area contributed by atoms with Gasteiger partial charge in [-0.05, 0) is 13.0 Å². The van der Waals surface area contributed by atoms with Crippen molar-refractivity contribution in [3.05, 3.63) is 34.2 Å². The van der Waals surface area contributed by atoms with Crippen LogP contribution in [-0.4, -0.2) is 41.5 Å². The Labute approximate surface area is 106 Å². The summed E-state index contributed by atoms with van der Waals surface area (Å²) in [6, 6.07) is 3.15. The van der Waals surface area contributed by atoms with E-state index < -0.39 is 0 Å². The molecule has 2 N–H and O–H groups in total. The third-order valence-corrected chi connectivity index (χ3v) is 2.78. The molecule has 0 spiro atoms. The standard InChI is InChI=1S/C11H15N3O2.ClH/c1-8-7-12-4-5-14(8)11(16)9-2-3-13-10(15)6-9;/h2-3,6,8,12H,4-5,7H2,1H3,(H,13,15);1H/t8-;/m0./s1. The van der Waals surface area contributed by atoms with Gasteiger partial charge >= 0.3 is 0 Å². The second-order valence-electron chi connectivity index (χ2n) is 3.99. The molecule has 0 unspecified atom stereocenters. The fourth-order valence-corrected chi connectivity index (χ4v) is 1.89. The van der Waals surface area contributed by atoms with Crippen molar-refractivity contribution >= 4 is 18.3 Å². The Hall–Kier alpha value is -1.33. The van der Waals surface area contributed by atoms with Crippen LogP contribution in [0.15, 0.2) is 23.1 Å². The van der Waals surface area contributed by atoms with Crippen LogP contribution in [0.1, 0.15) is 17.3 Å². The average Bonchev–Trinajstić information content (AvgIpc) is 2.29. The summed E-state index contributed by atoms with van der Waals surface area (Å²) in [6.07, 6.45) is 1.50. The van der Waals surface area contributed by atoms with E-state index in [9.17, 15) is 9.59 Å². The lowest BCUT2D eigenvalue weighted by Crippen LogP contribution is -2.52. The topological polar surface area (TPSA) is 65.2 Å². The number of hydrogen-bond donors (Lipinski definition) is 2. The van der Waals surface area contributed by atoms with Gasteiger partial charge in [0, 0.05) is 43.5 Å². The summed E-state index contributed by atoms with van der Waals surface area (Å²) >= 11 is 0. The van der Waals surface area contributed by atoms with E-state index in [0.717, 1.165) is 13.1 Å². The van der Waals surface area contributed by atoms with Gasteiger partial charge in [-0.25, -0.2) is 0 Å². The molecule has 1 aliphatic heterocycles. The molecular weight excluding hydrogens is 242 g/mol. The minimum atomic E-state index is -0.242. The van der Waals surface area contributed by atoms with Crippen LogP contribution in [0.3, 0.4) is 0 Å². The lowest BCUT2D eigenvalue weighted by Gasteiger charge is -2.33. The number of halogens is 1. The first kappa shape index (κ1) is 13.7. The quantitative estimate of drug-likeness (QED) is 0.757. The van der Waals surface area contributed by atoms with Gasteiger partial charge in [-0.3, -0.25) is 9.59 Å². The molecule has 1 aromatic heterocycles. The molecule has 5 nitrogen and oxygen atoms in total. The first-order valence-corrected chi connectivity index (χ1v) is 5.39. The van der Waals surface area contributed by atoms with E-state index in [1.807, 2.05) is 6.92 Å². The van der Waals surface area contributed by atoms with E-state index in [4.69, 9.17) is 0 Å². The summed E-state index contributed by atoms with van der Waals surface area (Å²) in [6.45, 7) is 4.29. The van der Waals surface area contributed by atoms with Gasteiger partial charge in [0.2, 0.25) is 5.56 Å². The number of H-pyrrole nitrogens is 1. The maximum Gasteiger partial charge on any atom is 0.254 e. The predicted molar refractivity (Wildman–Crippen MR) is 67.7 cm³/mol. The third-order valence-electron chi connectivity index (χ3n) is 2.78. The van der Waals surface area contributed by atoms with Crippen molar-refractivity contribution in [3.63, 3.8) is 0 Å². The maximum absolute atomic E-state index is 12.1. The van der Waals surface area contributed by atoms with Crippen molar-refractivity contribution in [2.75, 3.05) is 19.6 Å². The van der Waals surface area contributed by atoms with Crippen molar-refractivity contribution in [1.29, 1.82) is 0 Å². The Morgan fingerprint density at radius 2 is 2.29 bits per heavy atom. The van der Waals surface area contributed by atoms with E-state index in [-0.39, 0.29) is 29.9 Å². The third kappa shape index (κ3) is 3.08. The number of amides is 1. The second-order valence-corrected chi connectivity index (χ2v) is 3.99. The Kier molecular flexibility index (Phi) is 4.72. The zero-order chi connectivity index (χ0) is 11.5. The Bertz CT molecular complexity index is 446. The summed E-state index contributed by atoms with van der Waals surface area (Å²) in [7, 11) is 0. The molecule has 0 aliphatic carbocycles. The molecular formula is C11H16ClN3O2.